The SMILES string of the molecule is C/C=C/C(=O)N(C)CCn1nc(-c2ccc(Oc3ccccc3)cc2)c2c(N)ncnc21.C/C=C/C(=O)NCCn1nc(-c2ccc(Oc3ccccc3)cc2)c2c(N)ncnc21.C=CS(=O)(=O)NCCn1nc(-c2ccc(Oc3ccccc3)cc2)c2c(N)ncnc21. The first-order valence-electron chi connectivity index (χ1n) is 29.5. The van der Waals surface area contributed by atoms with Gasteiger partial charge in [0, 0.05) is 48.8 Å². The van der Waals surface area contributed by atoms with Crippen LogP contribution in [0, 0.1) is 0 Å². The summed E-state index contributed by atoms with van der Waals surface area (Å²) in [5, 5.41) is 19.7. The Morgan fingerprint density at radius 3 is 1.18 bits per heavy atom. The number of carbonyl (C=O) groups is 2. The van der Waals surface area contributed by atoms with Crippen molar-refractivity contribution in [3.63, 3.8) is 0 Å². The number of likely N-dealkylation sites (N-methyl/N-ethyl adjacent to an activating group) is 1. The van der Waals surface area contributed by atoms with Gasteiger partial charge in [0.2, 0.25) is 21.8 Å². The number of nitrogens with zero attached hydrogens (tertiary/aromatic N) is 13. The maximum atomic E-state index is 12.0. The van der Waals surface area contributed by atoms with Crippen molar-refractivity contribution in [1.29, 1.82) is 0 Å². The maximum Gasteiger partial charge on any atom is 0.246 e. The van der Waals surface area contributed by atoms with Gasteiger partial charge < -0.3 is 41.6 Å². The van der Waals surface area contributed by atoms with Crippen molar-refractivity contribution in [2.75, 3.05) is 43.9 Å². The highest BCUT2D eigenvalue weighted by atomic mass is 32.2. The molecule has 0 spiro atoms. The molecule has 0 saturated carbocycles. The van der Waals surface area contributed by atoms with Gasteiger partial charge in [-0.3, -0.25) is 9.59 Å². The summed E-state index contributed by atoms with van der Waals surface area (Å²) in [5.74, 6) is 5.19. The lowest BCUT2D eigenvalue weighted by Gasteiger charge is -2.15. The minimum Gasteiger partial charge on any atom is -0.457 e. The third-order valence-corrected chi connectivity index (χ3v) is 15.2. The lowest BCUT2D eigenvalue weighted by Crippen LogP contribution is -2.28. The van der Waals surface area contributed by atoms with Gasteiger partial charge in [0.25, 0.3) is 0 Å². The Bertz CT molecular complexity index is 4740. The number of nitrogens with two attached hydrogens (primary N) is 3. The van der Waals surface area contributed by atoms with Crippen LogP contribution in [0.25, 0.3) is 66.9 Å². The van der Waals surface area contributed by atoms with Gasteiger partial charge in [-0.2, -0.15) is 15.3 Å². The number of rotatable bonds is 22. The van der Waals surface area contributed by atoms with E-state index in [1.165, 1.54) is 31.1 Å². The molecule has 6 aromatic heterocycles. The van der Waals surface area contributed by atoms with Gasteiger partial charge >= 0.3 is 0 Å². The summed E-state index contributed by atoms with van der Waals surface area (Å²) in [6.45, 7) is 9.08. The molecular formula is C68H66N18O7S. The normalized spacial score (nSPS) is 11.3. The van der Waals surface area contributed by atoms with Gasteiger partial charge in [0.1, 0.15) is 88.0 Å². The number of benzene rings is 6. The van der Waals surface area contributed by atoms with E-state index in [9.17, 15) is 18.0 Å². The van der Waals surface area contributed by atoms with Crippen molar-refractivity contribution in [3.05, 3.63) is 219 Å². The summed E-state index contributed by atoms with van der Waals surface area (Å²) >= 11 is 0. The molecule has 12 aromatic rings. The Morgan fingerprint density at radius 2 is 0.830 bits per heavy atom. The molecule has 0 bridgehead atoms. The van der Waals surface area contributed by atoms with Crippen molar-refractivity contribution in [3.8, 4) is 68.3 Å². The topological polar surface area (TPSA) is 332 Å². The first-order valence-corrected chi connectivity index (χ1v) is 31.0. The zero-order valence-corrected chi connectivity index (χ0v) is 52.3. The number of sulfonamides is 1. The number of ether oxygens (including phenoxy) is 3. The third kappa shape index (κ3) is 16.2. The number of aromatic nitrogens is 12. The van der Waals surface area contributed by atoms with Crippen LogP contribution in [0.4, 0.5) is 17.5 Å². The van der Waals surface area contributed by atoms with Crippen molar-refractivity contribution < 1.29 is 32.2 Å². The standard InChI is InChI=1S/C24H24N6O2.C23H22N6O2.C21H20N6O3S/c1-3-7-20(31)29(2)14-15-30-24-21(23(25)26-16-27-24)22(28-30)17-10-12-19(13-11-17)32-18-8-5-4-6-9-18;1-2-6-19(30)25-13-14-29-23-20(22(24)26-15-27-23)21(28-29)16-9-11-18(12-10-16)31-17-7-4-3-5-8-17;1-2-31(28,29)25-12-13-27-21-18(20(22)23-14-24-21)19(26-27)15-8-10-17(11-9-15)30-16-6-4-3-5-7-16/h3-13,16H,14-15H2,1-2H3,(H2,25,26,27);2-12,15H,13-14H2,1H3,(H,25,30)(H2,24,26,27);2-11,14,25H,1,12-13H2,(H2,22,23,24)/b7-3+;6-2+;. The zero-order chi connectivity index (χ0) is 66.0. The number of nitrogen functional groups attached to an aromatic ring is 3. The lowest BCUT2D eigenvalue weighted by molar-refractivity contribution is -0.125. The quantitative estimate of drug-likeness (QED) is 0.0394. The molecule has 94 heavy (non-hydrogen) atoms. The second-order valence-electron chi connectivity index (χ2n) is 20.6. The Kier molecular flexibility index (Phi) is 21.1. The number of hydrogen-bond acceptors (Lipinski definition) is 19. The van der Waals surface area contributed by atoms with Crippen LogP contribution in [0.15, 0.2) is 219 Å². The Labute approximate surface area is 541 Å². The highest BCUT2D eigenvalue weighted by molar-refractivity contribution is 7.92. The lowest BCUT2D eigenvalue weighted by atomic mass is 10.1. The van der Waals surface area contributed by atoms with Crippen molar-refractivity contribution in [1.82, 2.24) is 74.2 Å². The van der Waals surface area contributed by atoms with Gasteiger partial charge in [-0.1, -0.05) is 73.3 Å². The Morgan fingerprint density at radius 1 is 0.489 bits per heavy atom. The molecule has 0 atom stereocenters. The predicted molar refractivity (Wildman–Crippen MR) is 362 cm³/mol. The van der Waals surface area contributed by atoms with Crippen LogP contribution in [0.5, 0.6) is 34.5 Å². The third-order valence-electron chi connectivity index (χ3n) is 14.1. The van der Waals surface area contributed by atoms with Gasteiger partial charge in [0.15, 0.2) is 16.9 Å². The number of para-hydroxylation sites is 3. The van der Waals surface area contributed by atoms with Gasteiger partial charge in [-0.25, -0.2) is 57.1 Å². The Hall–Kier alpha value is -12.2. The molecule has 6 aromatic carbocycles. The number of amides is 2. The van der Waals surface area contributed by atoms with E-state index >= 15 is 0 Å². The monoisotopic (exact) mass is 1280 g/mol. The predicted octanol–water partition coefficient (Wildman–Crippen LogP) is 10.4. The summed E-state index contributed by atoms with van der Waals surface area (Å²) in [7, 11) is -1.77. The smallest absolute Gasteiger partial charge is 0.246 e. The van der Waals surface area contributed by atoms with Crippen LogP contribution in [-0.2, 0) is 39.2 Å². The number of hydrogen-bond donors (Lipinski definition) is 5. The molecule has 0 aliphatic heterocycles. The fourth-order valence-corrected chi connectivity index (χ4v) is 10.0. The summed E-state index contributed by atoms with van der Waals surface area (Å²) in [5.41, 5.74) is 24.7. The van der Waals surface area contributed by atoms with Crippen molar-refractivity contribution >= 4 is 72.4 Å². The largest absolute Gasteiger partial charge is 0.457 e. The average molecular weight is 1280 g/mol. The van der Waals surface area contributed by atoms with Gasteiger partial charge in [-0.15, -0.1) is 0 Å². The summed E-state index contributed by atoms with van der Waals surface area (Å²) in [4.78, 5) is 50.7. The number of fused-ring (bicyclic) bond motifs is 3. The number of carbonyl (C=O) groups excluding carboxylic acids is 2. The summed E-state index contributed by atoms with van der Waals surface area (Å²) in [6, 6.07) is 51.3. The highest BCUT2D eigenvalue weighted by Gasteiger charge is 2.21. The van der Waals surface area contributed by atoms with E-state index < -0.39 is 10.0 Å². The minimum atomic E-state index is -3.53. The van der Waals surface area contributed by atoms with Crippen LogP contribution in [0.2, 0.25) is 0 Å². The average Bonchev–Trinajstić information content (AvgIpc) is 1.64. The molecule has 0 unspecified atom stereocenters. The molecule has 476 valence electrons. The van der Waals surface area contributed by atoms with Gasteiger partial charge in [-0.05, 0) is 135 Å². The second-order valence-corrected chi connectivity index (χ2v) is 22.3. The van der Waals surface area contributed by atoms with E-state index in [1.54, 1.807) is 45.1 Å². The van der Waals surface area contributed by atoms with E-state index in [4.69, 9.17) is 41.6 Å². The molecule has 8 N–H and O–H groups in total. The minimum absolute atomic E-state index is 0.0627. The van der Waals surface area contributed by atoms with Crippen LogP contribution >= 0.6 is 0 Å². The van der Waals surface area contributed by atoms with E-state index in [-0.39, 0.29) is 24.9 Å². The summed E-state index contributed by atoms with van der Waals surface area (Å²) in [6.07, 6.45) is 10.6. The fourth-order valence-electron chi connectivity index (χ4n) is 9.55. The molecule has 2 amide bonds. The molecule has 26 heteroatoms. The van der Waals surface area contributed by atoms with Crippen molar-refractivity contribution in [2.45, 2.75) is 33.5 Å². The highest BCUT2D eigenvalue weighted by Crippen LogP contribution is 2.35. The van der Waals surface area contributed by atoms with Crippen molar-refractivity contribution in [2.24, 2.45) is 0 Å². The molecule has 12 rings (SSSR count). The first-order chi connectivity index (χ1) is 45.7. The second kappa shape index (κ2) is 30.6. The van der Waals surface area contributed by atoms with Crippen LogP contribution in [0.1, 0.15) is 13.8 Å². The molecule has 0 fully saturated rings. The van der Waals surface area contributed by atoms with E-state index in [0.29, 0.717) is 99.6 Å². The van der Waals surface area contributed by atoms with E-state index in [2.05, 4.69) is 51.6 Å². The van der Waals surface area contributed by atoms with Crippen LogP contribution < -0.4 is 41.5 Å². The van der Waals surface area contributed by atoms with E-state index in [0.717, 1.165) is 50.8 Å². The Balaban J connectivity index is 0.000000154. The molecular weight excluding hydrogens is 1210 g/mol. The number of nitrogens with one attached hydrogen (secondary N) is 2. The molecule has 25 nitrogen and oxygen atoms in total. The number of allylic oxidation sites excluding steroid dienone is 2. The van der Waals surface area contributed by atoms with Crippen LogP contribution in [-0.4, -0.2) is 111 Å². The fraction of sp³-hybridized carbons (Fsp3) is 0.132. The molecule has 0 aliphatic rings. The molecule has 0 radical (unpaired) electrons. The van der Waals surface area contributed by atoms with Crippen LogP contribution in [0.3, 0.4) is 0 Å². The van der Waals surface area contributed by atoms with E-state index in [1.807, 2.05) is 171 Å². The zero-order valence-electron chi connectivity index (χ0n) is 51.5. The molecule has 6 heterocycles. The van der Waals surface area contributed by atoms with Gasteiger partial charge in [0.05, 0.1) is 35.8 Å². The molecule has 0 aliphatic carbocycles. The summed E-state index contributed by atoms with van der Waals surface area (Å²) < 4.78 is 48.2. The number of anilines is 3. The first kappa shape index (κ1) is 64.8. The molecule has 0 saturated heterocycles. The maximum absolute atomic E-state index is 12.0.